The van der Waals surface area contributed by atoms with Gasteiger partial charge in [0.05, 0.1) is 28.2 Å². The molecule has 0 unspecified atom stereocenters. The molecule has 1 amide bonds. The third-order valence-corrected chi connectivity index (χ3v) is 8.12. The number of carbonyl (C=O) groups excluding carboxylic acids is 1. The number of nitrogens with one attached hydrogen (secondary N) is 1. The third-order valence-electron chi connectivity index (χ3n) is 6.05. The monoisotopic (exact) mass is 497 g/mol. The van der Waals surface area contributed by atoms with E-state index < -0.39 is 9.84 Å². The Bertz CT molecular complexity index is 1270. The van der Waals surface area contributed by atoms with Crippen LogP contribution in [0.4, 0.5) is 5.69 Å². The van der Waals surface area contributed by atoms with Crippen LogP contribution in [0.2, 0.25) is 5.02 Å². The minimum atomic E-state index is -3.26. The van der Waals surface area contributed by atoms with Gasteiger partial charge in [-0.25, -0.2) is 8.42 Å². The van der Waals surface area contributed by atoms with Crippen molar-refractivity contribution < 1.29 is 17.9 Å². The first kappa shape index (κ1) is 24.3. The number of ether oxygens (including phenoxy) is 1. The molecule has 1 saturated carbocycles. The summed E-state index contributed by atoms with van der Waals surface area (Å²) < 4.78 is 30.1. The first-order chi connectivity index (χ1) is 16.4. The molecule has 5 nitrogen and oxygen atoms in total. The molecule has 0 heterocycles. The second-order valence-corrected chi connectivity index (χ2v) is 11.2. The van der Waals surface area contributed by atoms with Crippen molar-refractivity contribution in [1.29, 1.82) is 0 Å². The summed E-state index contributed by atoms with van der Waals surface area (Å²) in [6.07, 6.45) is 4.92. The summed E-state index contributed by atoms with van der Waals surface area (Å²) in [5, 5.41) is 3.39. The average molecular weight is 498 g/mol. The molecule has 1 N–H and O–H groups in total. The molecular formula is C27H28ClNO4S. The van der Waals surface area contributed by atoms with Crippen LogP contribution in [-0.4, -0.2) is 26.2 Å². The predicted molar refractivity (Wildman–Crippen MR) is 136 cm³/mol. The quantitative estimate of drug-likeness (QED) is 0.396. The first-order valence-corrected chi connectivity index (χ1v) is 13.6. The van der Waals surface area contributed by atoms with Gasteiger partial charge in [0.2, 0.25) is 5.91 Å². The lowest BCUT2D eigenvalue weighted by Gasteiger charge is -2.17. The number of carbonyl (C=O) groups is 1. The molecule has 34 heavy (non-hydrogen) atoms. The van der Waals surface area contributed by atoms with E-state index in [1.54, 1.807) is 25.1 Å². The van der Waals surface area contributed by atoms with E-state index in [1.807, 2.05) is 36.4 Å². The minimum absolute atomic E-state index is 0.0424. The fourth-order valence-electron chi connectivity index (χ4n) is 4.16. The highest BCUT2D eigenvalue weighted by molar-refractivity contribution is 7.91. The maximum absolute atomic E-state index is 12.5. The zero-order valence-corrected chi connectivity index (χ0v) is 20.7. The largest absolute Gasteiger partial charge is 0.490 e. The van der Waals surface area contributed by atoms with Gasteiger partial charge in [-0.05, 0) is 61.6 Å². The van der Waals surface area contributed by atoms with Gasteiger partial charge in [0, 0.05) is 16.8 Å². The molecule has 7 heteroatoms. The topological polar surface area (TPSA) is 72.5 Å². The van der Waals surface area contributed by atoms with Crippen LogP contribution in [0, 0.1) is 0 Å². The molecule has 178 valence electrons. The number of anilines is 1. The lowest BCUT2D eigenvalue weighted by atomic mass is 10.0. The molecule has 1 aliphatic rings. The number of amides is 1. The molecule has 0 aliphatic heterocycles. The maximum Gasteiger partial charge on any atom is 0.228 e. The number of rotatable bonds is 8. The summed E-state index contributed by atoms with van der Waals surface area (Å²) in [6.45, 7) is 1.61. The lowest BCUT2D eigenvalue weighted by Crippen LogP contribution is -2.14. The maximum atomic E-state index is 12.5. The van der Waals surface area contributed by atoms with Crippen molar-refractivity contribution in [1.82, 2.24) is 0 Å². The van der Waals surface area contributed by atoms with Gasteiger partial charge >= 0.3 is 0 Å². The molecule has 3 aromatic rings. The average Bonchev–Trinajstić information content (AvgIpc) is 3.33. The van der Waals surface area contributed by atoms with E-state index in [2.05, 4.69) is 5.32 Å². The Kier molecular flexibility index (Phi) is 7.59. The van der Waals surface area contributed by atoms with Gasteiger partial charge in [0.15, 0.2) is 9.84 Å². The normalized spacial score (nSPS) is 14.2. The van der Waals surface area contributed by atoms with E-state index in [4.69, 9.17) is 16.3 Å². The fraction of sp³-hybridized carbons (Fsp3) is 0.296. The predicted octanol–water partition coefficient (Wildman–Crippen LogP) is 6.30. The summed E-state index contributed by atoms with van der Waals surface area (Å²) in [5.41, 5.74) is 3.10. The minimum Gasteiger partial charge on any atom is -0.490 e. The van der Waals surface area contributed by atoms with Gasteiger partial charge in [-0.3, -0.25) is 4.79 Å². The Balaban J connectivity index is 1.44. The number of halogens is 1. The van der Waals surface area contributed by atoms with Crippen molar-refractivity contribution in [3.05, 3.63) is 77.3 Å². The van der Waals surface area contributed by atoms with Gasteiger partial charge < -0.3 is 10.1 Å². The molecule has 0 radical (unpaired) electrons. The van der Waals surface area contributed by atoms with Gasteiger partial charge in [-0.1, -0.05) is 54.9 Å². The summed E-state index contributed by atoms with van der Waals surface area (Å²) >= 11 is 6.61. The molecule has 3 aromatic carbocycles. The molecule has 1 aliphatic carbocycles. The van der Waals surface area contributed by atoms with E-state index in [-0.39, 0.29) is 29.1 Å². The summed E-state index contributed by atoms with van der Waals surface area (Å²) in [6, 6.07) is 19.7. The van der Waals surface area contributed by atoms with E-state index in [1.165, 1.54) is 25.0 Å². The Morgan fingerprint density at radius 1 is 1.00 bits per heavy atom. The third kappa shape index (κ3) is 5.80. The SMILES string of the molecule is CCS(=O)(=O)c1ccc(CC(=O)Nc2ccc(-c3ccccc3OC3CCCC3)c(Cl)c2)cc1. The smallest absolute Gasteiger partial charge is 0.228 e. The van der Waals surface area contributed by atoms with Gasteiger partial charge in [-0.15, -0.1) is 0 Å². The van der Waals surface area contributed by atoms with Crippen LogP contribution in [0.25, 0.3) is 11.1 Å². The summed E-state index contributed by atoms with van der Waals surface area (Å²) in [7, 11) is -3.26. The van der Waals surface area contributed by atoms with Crippen molar-refractivity contribution in [3.63, 3.8) is 0 Å². The van der Waals surface area contributed by atoms with E-state index in [0.717, 1.165) is 35.3 Å². The highest BCUT2D eigenvalue weighted by Gasteiger charge is 2.19. The highest BCUT2D eigenvalue weighted by atomic mass is 35.5. The van der Waals surface area contributed by atoms with Crippen LogP contribution in [0.5, 0.6) is 5.75 Å². The molecule has 4 rings (SSSR count). The van der Waals surface area contributed by atoms with Gasteiger partial charge in [0.1, 0.15) is 5.75 Å². The number of benzene rings is 3. The lowest BCUT2D eigenvalue weighted by molar-refractivity contribution is -0.115. The number of para-hydroxylation sites is 1. The molecular weight excluding hydrogens is 470 g/mol. The van der Waals surface area contributed by atoms with Gasteiger partial charge in [-0.2, -0.15) is 0 Å². The Morgan fingerprint density at radius 3 is 2.38 bits per heavy atom. The van der Waals surface area contributed by atoms with E-state index >= 15 is 0 Å². The fourth-order valence-corrected chi connectivity index (χ4v) is 5.33. The Hall–Kier alpha value is -2.83. The molecule has 0 spiro atoms. The van der Waals surface area contributed by atoms with Crippen LogP contribution in [0.15, 0.2) is 71.6 Å². The Labute approximate surface area is 206 Å². The van der Waals surface area contributed by atoms with Crippen molar-refractivity contribution >= 4 is 33.0 Å². The number of hydrogen-bond acceptors (Lipinski definition) is 4. The van der Waals surface area contributed by atoms with Crippen LogP contribution >= 0.6 is 11.6 Å². The zero-order valence-electron chi connectivity index (χ0n) is 19.1. The molecule has 0 saturated heterocycles. The van der Waals surface area contributed by atoms with Gasteiger partial charge in [0.25, 0.3) is 0 Å². The standard InChI is InChI=1S/C27H28ClNO4S/c1-2-34(31,32)22-14-11-19(12-15-22)17-27(30)29-20-13-16-23(25(28)18-20)24-9-5-6-10-26(24)33-21-7-3-4-8-21/h5-6,9-16,18,21H,2-4,7-8,17H2,1H3,(H,29,30). The molecule has 0 atom stereocenters. The van der Waals surface area contributed by atoms with Crippen molar-refractivity contribution in [2.24, 2.45) is 0 Å². The van der Waals surface area contributed by atoms with E-state index in [0.29, 0.717) is 10.7 Å². The molecule has 0 bridgehead atoms. The van der Waals surface area contributed by atoms with Crippen molar-refractivity contribution in [2.45, 2.75) is 50.0 Å². The van der Waals surface area contributed by atoms with Crippen LogP contribution < -0.4 is 10.1 Å². The van der Waals surface area contributed by atoms with Crippen molar-refractivity contribution in [2.75, 3.05) is 11.1 Å². The first-order valence-electron chi connectivity index (χ1n) is 11.5. The second-order valence-electron chi connectivity index (χ2n) is 8.49. The second kappa shape index (κ2) is 10.6. The summed E-state index contributed by atoms with van der Waals surface area (Å²) in [5.74, 6) is 0.655. The highest BCUT2D eigenvalue weighted by Crippen LogP contribution is 2.37. The van der Waals surface area contributed by atoms with E-state index in [9.17, 15) is 13.2 Å². The van der Waals surface area contributed by atoms with Crippen LogP contribution in [0.3, 0.4) is 0 Å². The summed E-state index contributed by atoms with van der Waals surface area (Å²) in [4.78, 5) is 12.8. The van der Waals surface area contributed by atoms with Crippen LogP contribution in [0.1, 0.15) is 38.2 Å². The number of hydrogen-bond donors (Lipinski definition) is 1. The Morgan fingerprint density at radius 2 is 1.71 bits per heavy atom. The van der Waals surface area contributed by atoms with Crippen molar-refractivity contribution in [3.8, 4) is 16.9 Å². The molecule has 1 fully saturated rings. The number of sulfone groups is 1. The zero-order chi connectivity index (χ0) is 24.1. The van der Waals surface area contributed by atoms with Crippen LogP contribution in [-0.2, 0) is 21.1 Å². The molecule has 0 aromatic heterocycles.